The van der Waals surface area contributed by atoms with Crippen molar-refractivity contribution in [3.05, 3.63) is 29.6 Å². The lowest BCUT2D eigenvalue weighted by molar-refractivity contribution is 0.0299. The molecule has 2 saturated heterocycles. The molecule has 3 rings (SSSR count). The fraction of sp³-hybridized carbons (Fsp3) is 0.562. The van der Waals surface area contributed by atoms with Gasteiger partial charge < -0.3 is 19.7 Å². The van der Waals surface area contributed by atoms with Gasteiger partial charge >= 0.3 is 0 Å². The van der Waals surface area contributed by atoms with E-state index in [1.54, 1.807) is 17.0 Å². The normalized spacial score (nSPS) is 21.2. The molecule has 0 saturated carbocycles. The molecule has 1 aromatic rings. The van der Waals surface area contributed by atoms with Crippen LogP contribution in [-0.2, 0) is 9.47 Å². The summed E-state index contributed by atoms with van der Waals surface area (Å²) in [5.74, 6) is -0.374. The van der Waals surface area contributed by atoms with Crippen molar-refractivity contribution in [3.8, 4) is 0 Å². The zero-order valence-electron chi connectivity index (χ0n) is 13.0. The summed E-state index contributed by atoms with van der Waals surface area (Å²) in [7, 11) is 0. The van der Waals surface area contributed by atoms with Crippen LogP contribution in [0.15, 0.2) is 18.3 Å². The third-order valence-electron chi connectivity index (χ3n) is 4.05. The van der Waals surface area contributed by atoms with Crippen molar-refractivity contribution in [2.24, 2.45) is 0 Å². The number of amides is 2. The van der Waals surface area contributed by atoms with Gasteiger partial charge in [0.2, 0.25) is 0 Å². The van der Waals surface area contributed by atoms with E-state index in [0.29, 0.717) is 38.4 Å². The highest BCUT2D eigenvalue weighted by atomic mass is 16.5. The third kappa shape index (κ3) is 4.05. The van der Waals surface area contributed by atoms with Crippen LogP contribution in [0.3, 0.4) is 0 Å². The Hall–Kier alpha value is -1.99. The molecule has 0 bridgehead atoms. The van der Waals surface area contributed by atoms with E-state index >= 15 is 0 Å². The number of nitrogens with zero attached hydrogens (tertiary/aromatic N) is 2. The molecule has 7 heteroatoms. The summed E-state index contributed by atoms with van der Waals surface area (Å²) in [4.78, 5) is 30.4. The van der Waals surface area contributed by atoms with Crippen molar-refractivity contribution < 1.29 is 19.1 Å². The highest BCUT2D eigenvalue weighted by Crippen LogP contribution is 2.11. The van der Waals surface area contributed by atoms with Crippen LogP contribution in [0.5, 0.6) is 0 Å². The number of pyridine rings is 1. The highest BCUT2D eigenvalue weighted by molar-refractivity contribution is 5.98. The van der Waals surface area contributed by atoms with Gasteiger partial charge in [-0.1, -0.05) is 0 Å². The molecule has 0 radical (unpaired) electrons. The van der Waals surface area contributed by atoms with Crippen molar-refractivity contribution in [2.45, 2.75) is 18.9 Å². The van der Waals surface area contributed by atoms with Gasteiger partial charge in [0, 0.05) is 38.0 Å². The minimum Gasteiger partial charge on any atom is -0.378 e. The van der Waals surface area contributed by atoms with Crippen LogP contribution in [0.2, 0.25) is 0 Å². The number of aromatic nitrogens is 1. The van der Waals surface area contributed by atoms with Crippen LogP contribution in [-0.4, -0.2) is 67.3 Å². The smallest absolute Gasteiger partial charge is 0.272 e. The average molecular weight is 319 g/mol. The molecule has 1 aromatic heterocycles. The summed E-state index contributed by atoms with van der Waals surface area (Å²) in [6.45, 7) is 3.43. The summed E-state index contributed by atoms with van der Waals surface area (Å²) in [6.07, 6.45) is 3.59. The van der Waals surface area contributed by atoms with E-state index in [2.05, 4.69) is 10.3 Å². The number of carbonyl (C=O) groups excluding carboxylic acids is 2. The van der Waals surface area contributed by atoms with Gasteiger partial charge in [0.25, 0.3) is 11.8 Å². The Balaban J connectivity index is 1.61. The number of carbonyl (C=O) groups is 2. The molecule has 124 valence electrons. The molecule has 1 unspecified atom stereocenters. The number of hydrogen-bond acceptors (Lipinski definition) is 5. The maximum absolute atomic E-state index is 12.4. The van der Waals surface area contributed by atoms with Crippen molar-refractivity contribution in [3.63, 3.8) is 0 Å². The van der Waals surface area contributed by atoms with Crippen molar-refractivity contribution in [2.75, 3.05) is 39.5 Å². The summed E-state index contributed by atoms with van der Waals surface area (Å²) in [6, 6.07) is 3.16. The number of morpholine rings is 1. The summed E-state index contributed by atoms with van der Waals surface area (Å²) in [5, 5.41) is 2.85. The maximum atomic E-state index is 12.4. The molecule has 3 heterocycles. The second-order valence-electron chi connectivity index (χ2n) is 5.68. The monoisotopic (exact) mass is 319 g/mol. The molecule has 1 N–H and O–H groups in total. The Morgan fingerprint density at radius 3 is 2.87 bits per heavy atom. The van der Waals surface area contributed by atoms with Crippen LogP contribution in [0.1, 0.15) is 33.7 Å². The van der Waals surface area contributed by atoms with Crippen LogP contribution in [0.4, 0.5) is 0 Å². The van der Waals surface area contributed by atoms with E-state index in [-0.39, 0.29) is 23.6 Å². The fourth-order valence-corrected chi connectivity index (χ4v) is 2.73. The molecule has 2 amide bonds. The molecular weight excluding hydrogens is 298 g/mol. The van der Waals surface area contributed by atoms with Crippen molar-refractivity contribution in [1.82, 2.24) is 15.2 Å². The standard InChI is InChI=1S/C16H21N3O4/c20-15(18-11-13-2-1-7-23-13)12-3-4-17-14(10-12)16(21)19-5-8-22-9-6-19/h3-4,10,13H,1-2,5-9,11H2,(H,18,20). The summed E-state index contributed by atoms with van der Waals surface area (Å²) >= 11 is 0. The summed E-state index contributed by atoms with van der Waals surface area (Å²) < 4.78 is 10.7. The molecule has 2 aliphatic heterocycles. The Bertz CT molecular complexity index is 566. The highest BCUT2D eigenvalue weighted by Gasteiger charge is 2.21. The molecule has 1 atom stereocenters. The first-order valence-corrected chi connectivity index (χ1v) is 7.97. The summed E-state index contributed by atoms with van der Waals surface area (Å²) in [5.41, 5.74) is 0.728. The van der Waals surface area contributed by atoms with Gasteiger partial charge in [-0.05, 0) is 25.0 Å². The van der Waals surface area contributed by atoms with E-state index in [9.17, 15) is 9.59 Å². The SMILES string of the molecule is O=C(NCC1CCCO1)c1ccnc(C(=O)N2CCOCC2)c1. The van der Waals surface area contributed by atoms with E-state index in [0.717, 1.165) is 19.4 Å². The lowest BCUT2D eigenvalue weighted by Gasteiger charge is -2.26. The number of hydrogen-bond donors (Lipinski definition) is 1. The zero-order chi connectivity index (χ0) is 16.1. The van der Waals surface area contributed by atoms with E-state index in [4.69, 9.17) is 9.47 Å². The van der Waals surface area contributed by atoms with Crippen LogP contribution < -0.4 is 5.32 Å². The van der Waals surface area contributed by atoms with Gasteiger partial charge in [-0.25, -0.2) is 0 Å². The predicted octanol–water partition coefficient (Wildman–Crippen LogP) is 0.463. The minimum atomic E-state index is -0.209. The van der Waals surface area contributed by atoms with Gasteiger partial charge in [-0.3, -0.25) is 14.6 Å². The van der Waals surface area contributed by atoms with Crippen molar-refractivity contribution >= 4 is 11.8 Å². The van der Waals surface area contributed by atoms with Crippen LogP contribution in [0.25, 0.3) is 0 Å². The van der Waals surface area contributed by atoms with Crippen LogP contribution >= 0.6 is 0 Å². The number of nitrogens with one attached hydrogen (secondary N) is 1. The quantitative estimate of drug-likeness (QED) is 0.872. The number of ether oxygens (including phenoxy) is 2. The number of rotatable bonds is 4. The van der Waals surface area contributed by atoms with Crippen molar-refractivity contribution in [1.29, 1.82) is 0 Å². The van der Waals surface area contributed by atoms with Gasteiger partial charge in [0.05, 0.1) is 19.3 Å². The zero-order valence-corrected chi connectivity index (χ0v) is 13.0. The minimum absolute atomic E-state index is 0.0928. The molecule has 0 aliphatic carbocycles. The van der Waals surface area contributed by atoms with E-state index in [1.165, 1.54) is 6.20 Å². The van der Waals surface area contributed by atoms with Crippen LogP contribution in [0, 0.1) is 0 Å². The molecule has 7 nitrogen and oxygen atoms in total. The van der Waals surface area contributed by atoms with Gasteiger partial charge in [-0.15, -0.1) is 0 Å². The third-order valence-corrected chi connectivity index (χ3v) is 4.05. The average Bonchev–Trinajstić information content (AvgIpc) is 3.13. The molecule has 2 aliphatic rings. The lowest BCUT2D eigenvalue weighted by Crippen LogP contribution is -2.41. The first-order valence-electron chi connectivity index (χ1n) is 7.97. The Kier molecular flexibility index (Phi) is 5.19. The topological polar surface area (TPSA) is 80.8 Å². The van der Waals surface area contributed by atoms with E-state index in [1.807, 2.05) is 0 Å². The Labute approximate surface area is 135 Å². The lowest BCUT2D eigenvalue weighted by atomic mass is 10.2. The fourth-order valence-electron chi connectivity index (χ4n) is 2.73. The molecule has 0 spiro atoms. The molecule has 23 heavy (non-hydrogen) atoms. The van der Waals surface area contributed by atoms with Gasteiger partial charge in [0.1, 0.15) is 5.69 Å². The first kappa shape index (κ1) is 15.9. The van der Waals surface area contributed by atoms with E-state index < -0.39 is 0 Å². The Morgan fingerprint density at radius 1 is 1.30 bits per heavy atom. The molecule has 2 fully saturated rings. The Morgan fingerprint density at radius 2 is 2.13 bits per heavy atom. The van der Waals surface area contributed by atoms with Gasteiger partial charge in [0.15, 0.2) is 0 Å². The second-order valence-corrected chi connectivity index (χ2v) is 5.68. The molecule has 0 aromatic carbocycles. The predicted molar refractivity (Wildman–Crippen MR) is 82.3 cm³/mol. The largest absolute Gasteiger partial charge is 0.378 e. The second kappa shape index (κ2) is 7.52. The maximum Gasteiger partial charge on any atom is 0.272 e. The molecular formula is C16H21N3O4. The first-order chi connectivity index (χ1) is 11.2. The van der Waals surface area contributed by atoms with Gasteiger partial charge in [-0.2, -0.15) is 0 Å².